The highest BCUT2D eigenvalue weighted by Crippen LogP contribution is 2.38. The molecule has 1 aromatic carbocycles. The second-order valence-corrected chi connectivity index (χ2v) is 9.78. The summed E-state index contributed by atoms with van der Waals surface area (Å²) in [6.45, 7) is 1.68. The van der Waals surface area contributed by atoms with Crippen LogP contribution in [0.25, 0.3) is 10.2 Å². The van der Waals surface area contributed by atoms with E-state index in [1.807, 2.05) is 0 Å². The lowest BCUT2D eigenvalue weighted by atomic mass is 10.1. The molecular formula is C19H13F3N4O3S3. The monoisotopic (exact) mass is 498 g/mol. The van der Waals surface area contributed by atoms with Crippen LogP contribution in [0.2, 0.25) is 0 Å². The normalized spacial score (nSPS) is 11.8. The minimum Gasteiger partial charge on any atom is -0.477 e. The number of carboxylic acids is 1. The van der Waals surface area contributed by atoms with Crippen molar-refractivity contribution >= 4 is 61.4 Å². The van der Waals surface area contributed by atoms with Crippen LogP contribution in [0.5, 0.6) is 0 Å². The fourth-order valence-corrected chi connectivity index (χ4v) is 5.93. The Labute approximate surface area is 190 Å². The Morgan fingerprint density at radius 1 is 1.25 bits per heavy atom. The van der Waals surface area contributed by atoms with Gasteiger partial charge in [-0.2, -0.15) is 13.2 Å². The van der Waals surface area contributed by atoms with Crippen molar-refractivity contribution in [3.63, 3.8) is 0 Å². The molecule has 0 saturated carbocycles. The SMILES string of the molecule is Cc1c(C(=O)O)sc2[nH]c(=O)cc(CSc3nnc(Nc4ccccc4C(F)(F)F)s3)c12. The molecule has 0 saturated heterocycles. The first-order valence-electron chi connectivity index (χ1n) is 8.91. The molecule has 4 aromatic rings. The number of carboxylic acid groups (broad SMARTS) is 1. The van der Waals surface area contributed by atoms with Gasteiger partial charge in [-0.1, -0.05) is 35.2 Å². The van der Waals surface area contributed by atoms with Crippen LogP contribution in [0.4, 0.5) is 24.0 Å². The molecule has 0 amide bonds. The van der Waals surface area contributed by atoms with E-state index >= 15 is 0 Å². The number of alkyl halides is 3. The summed E-state index contributed by atoms with van der Waals surface area (Å²) in [5, 5.41) is 20.7. The third kappa shape index (κ3) is 4.49. The number of halogens is 3. The molecule has 3 aromatic heterocycles. The summed E-state index contributed by atoms with van der Waals surface area (Å²) in [5.74, 6) is -0.757. The number of rotatable bonds is 6. The van der Waals surface area contributed by atoms with Gasteiger partial charge in [-0.05, 0) is 30.2 Å². The van der Waals surface area contributed by atoms with Crippen molar-refractivity contribution < 1.29 is 23.1 Å². The average Bonchev–Trinajstić information content (AvgIpc) is 3.30. The first kappa shape index (κ1) is 22.3. The Kier molecular flexibility index (Phi) is 5.97. The van der Waals surface area contributed by atoms with E-state index in [2.05, 4.69) is 20.5 Å². The molecule has 0 aliphatic heterocycles. The van der Waals surface area contributed by atoms with E-state index in [0.29, 0.717) is 31.4 Å². The number of aryl methyl sites for hydroxylation is 1. The van der Waals surface area contributed by atoms with Crippen molar-refractivity contribution in [2.45, 2.75) is 23.2 Å². The number of hydrogen-bond donors (Lipinski definition) is 3. The van der Waals surface area contributed by atoms with Crippen LogP contribution in [0.3, 0.4) is 0 Å². The predicted molar refractivity (Wildman–Crippen MR) is 118 cm³/mol. The molecule has 0 radical (unpaired) electrons. The number of hydrogen-bond acceptors (Lipinski definition) is 8. The number of aromatic amines is 1. The molecule has 0 fully saturated rings. The molecule has 166 valence electrons. The van der Waals surface area contributed by atoms with Crippen molar-refractivity contribution in [3.8, 4) is 0 Å². The minimum atomic E-state index is -4.51. The van der Waals surface area contributed by atoms with Gasteiger partial charge in [-0.15, -0.1) is 21.5 Å². The molecule has 0 unspecified atom stereocenters. The number of fused-ring (bicyclic) bond motifs is 1. The van der Waals surface area contributed by atoms with Gasteiger partial charge in [-0.25, -0.2) is 4.79 Å². The van der Waals surface area contributed by atoms with E-state index in [1.165, 1.54) is 36.0 Å². The number of anilines is 2. The number of pyridine rings is 1. The fourth-order valence-electron chi connectivity index (χ4n) is 3.10. The van der Waals surface area contributed by atoms with Crippen LogP contribution >= 0.6 is 34.4 Å². The first-order chi connectivity index (χ1) is 15.1. The molecule has 4 rings (SSSR count). The van der Waals surface area contributed by atoms with Gasteiger partial charge in [0, 0.05) is 17.2 Å². The minimum absolute atomic E-state index is 0.126. The maximum Gasteiger partial charge on any atom is 0.418 e. The number of aromatic carboxylic acids is 1. The molecule has 13 heteroatoms. The maximum atomic E-state index is 13.2. The second-order valence-electron chi connectivity index (χ2n) is 6.55. The number of nitrogens with one attached hydrogen (secondary N) is 2. The number of aromatic nitrogens is 3. The lowest BCUT2D eigenvalue weighted by Gasteiger charge is -2.12. The zero-order valence-electron chi connectivity index (χ0n) is 16.1. The lowest BCUT2D eigenvalue weighted by molar-refractivity contribution is -0.136. The molecule has 0 aliphatic rings. The van der Waals surface area contributed by atoms with Gasteiger partial charge in [0.05, 0.1) is 11.3 Å². The summed E-state index contributed by atoms with van der Waals surface area (Å²) >= 11 is 3.33. The lowest BCUT2D eigenvalue weighted by Crippen LogP contribution is -2.08. The van der Waals surface area contributed by atoms with E-state index in [4.69, 9.17) is 0 Å². The van der Waals surface area contributed by atoms with E-state index in [-0.39, 0.29) is 21.3 Å². The third-order valence-electron chi connectivity index (χ3n) is 4.44. The summed E-state index contributed by atoms with van der Waals surface area (Å²) in [6.07, 6.45) is -4.51. The maximum absolute atomic E-state index is 13.2. The van der Waals surface area contributed by atoms with E-state index in [0.717, 1.165) is 28.7 Å². The highest BCUT2D eigenvalue weighted by atomic mass is 32.2. The average molecular weight is 499 g/mol. The molecule has 32 heavy (non-hydrogen) atoms. The van der Waals surface area contributed by atoms with E-state index in [9.17, 15) is 27.9 Å². The molecule has 0 spiro atoms. The van der Waals surface area contributed by atoms with Gasteiger partial charge in [-0.3, -0.25) is 4.79 Å². The Balaban J connectivity index is 1.55. The Morgan fingerprint density at radius 3 is 2.72 bits per heavy atom. The van der Waals surface area contributed by atoms with Crippen LogP contribution in [0.1, 0.15) is 26.4 Å². The Hall–Kier alpha value is -2.90. The number of nitrogens with zero attached hydrogens (tertiary/aromatic N) is 2. The summed E-state index contributed by atoms with van der Waals surface area (Å²) in [4.78, 5) is 26.7. The van der Waals surface area contributed by atoms with Crippen LogP contribution in [0, 0.1) is 6.92 Å². The fraction of sp³-hybridized carbons (Fsp3) is 0.158. The molecule has 7 nitrogen and oxygen atoms in total. The predicted octanol–water partition coefficient (Wildman–Crippen LogP) is 5.50. The van der Waals surface area contributed by atoms with Gasteiger partial charge >= 0.3 is 12.1 Å². The quantitative estimate of drug-likeness (QED) is 0.301. The van der Waals surface area contributed by atoms with Gasteiger partial charge in [0.25, 0.3) is 0 Å². The topological polar surface area (TPSA) is 108 Å². The van der Waals surface area contributed by atoms with Crippen molar-refractivity contribution in [2.24, 2.45) is 0 Å². The Bertz CT molecular complexity index is 1380. The van der Waals surface area contributed by atoms with Crippen LogP contribution < -0.4 is 10.9 Å². The molecule has 0 atom stereocenters. The van der Waals surface area contributed by atoms with Crippen LogP contribution in [0.15, 0.2) is 39.5 Å². The summed E-state index contributed by atoms with van der Waals surface area (Å²) in [7, 11) is 0. The number of carbonyl (C=O) groups is 1. The molecule has 3 N–H and O–H groups in total. The molecular weight excluding hydrogens is 485 g/mol. The largest absolute Gasteiger partial charge is 0.477 e. The van der Waals surface area contributed by atoms with Gasteiger partial charge < -0.3 is 15.4 Å². The number of para-hydroxylation sites is 1. The molecule has 3 heterocycles. The molecule has 0 aliphatic carbocycles. The number of thiophene rings is 1. The van der Waals surface area contributed by atoms with Gasteiger partial charge in [0.1, 0.15) is 9.71 Å². The summed E-state index contributed by atoms with van der Waals surface area (Å²) in [5.41, 5.74) is -0.0823. The molecule has 0 bridgehead atoms. The van der Waals surface area contributed by atoms with E-state index < -0.39 is 17.7 Å². The summed E-state index contributed by atoms with van der Waals surface area (Å²) in [6, 6.07) is 6.48. The van der Waals surface area contributed by atoms with Crippen molar-refractivity contribution in [1.82, 2.24) is 15.2 Å². The Morgan fingerprint density at radius 2 is 2.00 bits per heavy atom. The smallest absolute Gasteiger partial charge is 0.418 e. The number of benzene rings is 1. The second kappa shape index (κ2) is 8.56. The van der Waals surface area contributed by atoms with Crippen molar-refractivity contribution in [3.05, 3.63) is 62.3 Å². The number of thioether (sulfide) groups is 1. The summed E-state index contributed by atoms with van der Waals surface area (Å²) < 4.78 is 40.0. The van der Waals surface area contributed by atoms with Crippen LogP contribution in [-0.4, -0.2) is 26.3 Å². The first-order valence-corrected chi connectivity index (χ1v) is 11.5. The zero-order chi connectivity index (χ0) is 23.0. The standard InChI is InChI=1S/C19H13F3N4O3S3/c1-8-13-9(6-12(27)24-15(13)31-14(8)16(28)29)7-30-18-26-25-17(32-18)23-11-5-3-2-4-10(11)19(20,21)22/h2-6H,7H2,1H3,(H,23,25)(H,24,27)(H,28,29). The van der Waals surface area contributed by atoms with Crippen molar-refractivity contribution in [2.75, 3.05) is 5.32 Å². The van der Waals surface area contributed by atoms with Gasteiger partial charge in [0.15, 0.2) is 4.34 Å². The van der Waals surface area contributed by atoms with Gasteiger partial charge in [0.2, 0.25) is 10.7 Å². The third-order valence-corrected chi connectivity index (χ3v) is 7.65. The highest BCUT2D eigenvalue weighted by molar-refractivity contribution is 8.00. The highest BCUT2D eigenvalue weighted by Gasteiger charge is 2.33. The van der Waals surface area contributed by atoms with E-state index in [1.54, 1.807) is 6.92 Å². The number of H-pyrrole nitrogens is 1. The van der Waals surface area contributed by atoms with Crippen LogP contribution in [-0.2, 0) is 11.9 Å². The van der Waals surface area contributed by atoms with Crippen molar-refractivity contribution in [1.29, 1.82) is 0 Å². The zero-order valence-corrected chi connectivity index (χ0v) is 18.6.